The number of nitrogens with two attached hydrogens (primary N) is 1. The zero-order valence-electron chi connectivity index (χ0n) is 29.8. The molecule has 2 heterocycles. The second-order valence-corrected chi connectivity index (χ2v) is 17.2. The highest BCUT2D eigenvalue weighted by atomic mass is 32.2. The first-order chi connectivity index (χ1) is 27.1. The van der Waals surface area contributed by atoms with Gasteiger partial charge in [0.2, 0.25) is 21.8 Å². The monoisotopic (exact) mass is 865 g/mol. The molecular formula is C34H35N5O16S3. The van der Waals surface area contributed by atoms with Gasteiger partial charge in [-0.25, -0.2) is 22.7 Å². The second-order valence-electron chi connectivity index (χ2n) is 12.6. The van der Waals surface area contributed by atoms with E-state index in [9.17, 15) is 59.5 Å². The van der Waals surface area contributed by atoms with Gasteiger partial charge in [0.05, 0.1) is 22.4 Å². The summed E-state index contributed by atoms with van der Waals surface area (Å²) in [5.74, 6) is -5.51. The maximum Gasteiger partial charge on any atom is 0.336 e. The molecule has 1 amide bonds. The third kappa shape index (κ3) is 9.55. The lowest BCUT2D eigenvalue weighted by Crippen LogP contribution is -2.27. The van der Waals surface area contributed by atoms with Crippen LogP contribution in [0.4, 0.5) is 5.69 Å². The summed E-state index contributed by atoms with van der Waals surface area (Å²) in [6.45, 7) is -0.454. The van der Waals surface area contributed by atoms with Gasteiger partial charge in [-0.3, -0.25) is 19.3 Å². The average molecular weight is 866 g/mol. The van der Waals surface area contributed by atoms with E-state index < -0.39 is 110 Å². The summed E-state index contributed by atoms with van der Waals surface area (Å²) in [4.78, 5) is 41.0. The van der Waals surface area contributed by atoms with E-state index in [2.05, 4.69) is 10.0 Å². The quantitative estimate of drug-likeness (QED) is 0.0279. The van der Waals surface area contributed by atoms with Crippen LogP contribution >= 0.6 is 0 Å². The number of hydrogen-bond donors (Lipinski definition) is 9. The molecular weight excluding hydrogens is 831 g/mol. The SMILES string of the molecule is N=c1ccc2c(-c3cc(C(=O)NCCCCCC(=O)On4c(O)ccc4O)ccc3C(=O)O)c3ccc(N)c(S(=O)(=O)NCCCS(=O)(=O)O)c3oc-2c1S(=O)(=O)O. The van der Waals surface area contributed by atoms with Crippen molar-refractivity contribution >= 4 is 64.8 Å². The Bertz CT molecular complexity index is 2800. The van der Waals surface area contributed by atoms with E-state index in [1.807, 2.05) is 0 Å². The van der Waals surface area contributed by atoms with Crippen molar-refractivity contribution in [2.75, 3.05) is 24.6 Å². The van der Waals surface area contributed by atoms with Crippen LogP contribution in [0.2, 0.25) is 0 Å². The lowest BCUT2D eigenvalue weighted by atomic mass is 9.89. The largest absolute Gasteiger partial charge is 0.492 e. The molecule has 0 saturated carbocycles. The molecule has 0 bridgehead atoms. The lowest BCUT2D eigenvalue weighted by molar-refractivity contribution is -0.145. The number of aromatic nitrogens is 1. The molecule has 0 unspecified atom stereocenters. The molecule has 2 aromatic carbocycles. The van der Waals surface area contributed by atoms with Crippen LogP contribution in [0.5, 0.6) is 11.8 Å². The summed E-state index contributed by atoms with van der Waals surface area (Å²) in [5.41, 5.74) is 3.71. The number of unbranched alkanes of at least 4 members (excludes halogenated alkanes) is 2. The number of carboxylic acids is 1. The smallest absolute Gasteiger partial charge is 0.336 e. The Labute approximate surface area is 329 Å². The Morgan fingerprint density at radius 3 is 2.16 bits per heavy atom. The van der Waals surface area contributed by atoms with E-state index in [-0.39, 0.29) is 47.0 Å². The predicted molar refractivity (Wildman–Crippen MR) is 202 cm³/mol. The van der Waals surface area contributed by atoms with Gasteiger partial charge >= 0.3 is 11.9 Å². The minimum atomic E-state index is -5.29. The molecule has 0 spiro atoms. The Kier molecular flexibility index (Phi) is 12.5. The van der Waals surface area contributed by atoms with E-state index >= 15 is 0 Å². The number of nitrogen functional groups attached to an aromatic ring is 1. The highest BCUT2D eigenvalue weighted by Crippen LogP contribution is 2.46. The van der Waals surface area contributed by atoms with Crippen LogP contribution in [0.15, 0.2) is 68.8 Å². The van der Waals surface area contributed by atoms with Crippen LogP contribution < -0.4 is 26.0 Å². The molecule has 5 rings (SSSR count). The molecule has 1 aliphatic heterocycles. The zero-order chi connectivity index (χ0) is 42.7. The van der Waals surface area contributed by atoms with Gasteiger partial charge in [-0.15, -0.1) is 4.73 Å². The van der Waals surface area contributed by atoms with E-state index in [0.29, 0.717) is 24.0 Å². The van der Waals surface area contributed by atoms with Gasteiger partial charge in [-0.05, 0) is 67.3 Å². The standard InChI is InChI=1S/C34H35N5O16S3/c35-23-10-8-20-28(21-9-11-24(36)32(58(51,52)53)30(21)54-29(20)31(23)57(49,50)38-15-4-16-56(46,47)48)22-17-18(6-7-19(22)34(44)45)33(43)37-14-3-1-2-5-27(42)55-39-25(40)12-13-26(39)41/h6-13,17,36,38,40-41H,1-5,14-16,35H2,(H,37,43)(H,44,45)(H,46,47,48)(H,51,52,53). The fraction of sp³-hybridized carbons (Fsp3) is 0.235. The van der Waals surface area contributed by atoms with Crippen LogP contribution in [-0.2, 0) is 35.1 Å². The molecule has 10 N–H and O–H groups in total. The maximum atomic E-state index is 13.7. The molecule has 0 saturated heterocycles. The van der Waals surface area contributed by atoms with E-state index in [4.69, 9.17) is 25.0 Å². The van der Waals surface area contributed by atoms with Crippen molar-refractivity contribution in [2.24, 2.45) is 0 Å². The first-order valence-corrected chi connectivity index (χ1v) is 21.4. The van der Waals surface area contributed by atoms with Crippen molar-refractivity contribution in [1.82, 2.24) is 14.8 Å². The first-order valence-electron chi connectivity index (χ1n) is 16.9. The fourth-order valence-corrected chi connectivity index (χ4v) is 8.51. The number of fused-ring (bicyclic) bond motifs is 2. The predicted octanol–water partition coefficient (Wildman–Crippen LogP) is 1.93. The Hall–Kier alpha value is -6.05. The summed E-state index contributed by atoms with van der Waals surface area (Å²) in [6.07, 6.45) is 0.621. The maximum absolute atomic E-state index is 13.7. The van der Waals surface area contributed by atoms with Gasteiger partial charge in [0.25, 0.3) is 26.1 Å². The summed E-state index contributed by atoms with van der Waals surface area (Å²) >= 11 is 0. The van der Waals surface area contributed by atoms with Crippen LogP contribution in [0, 0.1) is 5.41 Å². The van der Waals surface area contributed by atoms with Gasteiger partial charge in [0.1, 0.15) is 4.90 Å². The number of aromatic hydroxyl groups is 2. The second kappa shape index (κ2) is 16.8. The van der Waals surface area contributed by atoms with Crippen LogP contribution in [0.3, 0.4) is 0 Å². The molecule has 1 aromatic heterocycles. The molecule has 1 aliphatic carbocycles. The number of anilines is 1. The molecule has 0 radical (unpaired) electrons. The summed E-state index contributed by atoms with van der Waals surface area (Å²) in [5, 5.41) is 39.4. The molecule has 58 heavy (non-hydrogen) atoms. The number of carbonyl (C=O) groups is 3. The zero-order valence-corrected chi connectivity index (χ0v) is 32.3. The normalized spacial score (nSPS) is 12.2. The lowest BCUT2D eigenvalue weighted by Gasteiger charge is -2.21. The van der Waals surface area contributed by atoms with Crippen molar-refractivity contribution in [3.8, 4) is 34.2 Å². The number of rotatable bonds is 17. The molecule has 0 atom stereocenters. The van der Waals surface area contributed by atoms with Gasteiger partial charge in [-0.2, -0.15) is 16.8 Å². The van der Waals surface area contributed by atoms with Gasteiger partial charge in [-0.1, -0.05) is 6.42 Å². The van der Waals surface area contributed by atoms with Gasteiger partial charge < -0.3 is 35.6 Å². The van der Waals surface area contributed by atoms with Gasteiger partial charge in [0, 0.05) is 53.7 Å². The minimum Gasteiger partial charge on any atom is -0.492 e. The number of nitrogens with one attached hydrogen (secondary N) is 3. The van der Waals surface area contributed by atoms with E-state index in [1.54, 1.807) is 0 Å². The topological polar surface area (TPSA) is 356 Å². The average Bonchev–Trinajstić information content (AvgIpc) is 3.44. The Balaban J connectivity index is 1.53. The summed E-state index contributed by atoms with van der Waals surface area (Å²) in [7, 11) is -14.5. The number of benzene rings is 3. The van der Waals surface area contributed by atoms with Crippen LogP contribution in [0.25, 0.3) is 33.4 Å². The van der Waals surface area contributed by atoms with Crippen molar-refractivity contribution < 1.29 is 73.3 Å². The number of amides is 1. The van der Waals surface area contributed by atoms with Crippen LogP contribution in [-0.4, -0.2) is 91.1 Å². The number of sulfonamides is 1. The highest BCUT2D eigenvalue weighted by Gasteiger charge is 2.32. The minimum absolute atomic E-state index is 0.0842. The molecule has 2 aliphatic rings. The van der Waals surface area contributed by atoms with E-state index in [0.717, 1.165) is 36.4 Å². The van der Waals surface area contributed by atoms with Gasteiger partial charge in [0.15, 0.2) is 16.2 Å². The number of aromatic carboxylic acids is 1. The fourth-order valence-electron chi connectivity index (χ4n) is 5.94. The van der Waals surface area contributed by atoms with Crippen molar-refractivity contribution in [3.63, 3.8) is 0 Å². The summed E-state index contributed by atoms with van der Waals surface area (Å²) in [6, 6.07) is 10.2. The molecule has 21 nitrogen and oxygen atoms in total. The van der Waals surface area contributed by atoms with Crippen molar-refractivity contribution in [2.45, 2.75) is 41.9 Å². The molecule has 3 aromatic rings. The Morgan fingerprint density at radius 1 is 0.828 bits per heavy atom. The Morgan fingerprint density at radius 2 is 1.52 bits per heavy atom. The first kappa shape index (κ1) is 43.1. The third-order valence-electron chi connectivity index (χ3n) is 8.51. The molecule has 0 fully saturated rings. The van der Waals surface area contributed by atoms with Crippen molar-refractivity contribution in [1.29, 1.82) is 5.41 Å². The van der Waals surface area contributed by atoms with Crippen molar-refractivity contribution in [3.05, 3.63) is 71.1 Å². The molecule has 24 heteroatoms. The number of hydrogen-bond acceptors (Lipinski definition) is 15. The highest BCUT2D eigenvalue weighted by molar-refractivity contribution is 7.90. The van der Waals surface area contributed by atoms with E-state index in [1.165, 1.54) is 18.2 Å². The summed E-state index contributed by atoms with van der Waals surface area (Å²) < 4.78 is 103. The molecule has 310 valence electrons. The third-order valence-corrected chi connectivity index (χ3v) is 11.8. The number of carboxylic acid groups (broad SMARTS) is 1. The number of nitrogens with zero attached hydrogens (tertiary/aromatic N) is 1. The number of carbonyl (C=O) groups excluding carboxylic acids is 2. The van der Waals surface area contributed by atoms with Crippen LogP contribution in [0.1, 0.15) is 52.8 Å².